The Bertz CT molecular complexity index is 688. The number of halogens is 1. The number of hydrogen-bond acceptors (Lipinski definition) is 4. The molecule has 0 aliphatic rings. The number of nitro groups is 1. The van der Waals surface area contributed by atoms with Gasteiger partial charge in [0.25, 0.3) is 0 Å². The second-order valence-corrected chi connectivity index (χ2v) is 5.28. The molecule has 2 aromatic carbocycles. The summed E-state index contributed by atoms with van der Waals surface area (Å²) in [5.74, 6) is -1.82. The van der Waals surface area contributed by atoms with E-state index in [0.717, 1.165) is 17.8 Å². The van der Waals surface area contributed by atoms with E-state index in [1.54, 1.807) is 24.3 Å². The van der Waals surface area contributed by atoms with Crippen LogP contribution in [0.4, 0.5) is 10.1 Å². The molecule has 7 heteroatoms. The van der Waals surface area contributed by atoms with Crippen molar-refractivity contribution in [2.24, 2.45) is 0 Å². The molecule has 2 rings (SSSR count). The topological polar surface area (TPSA) is 80.4 Å². The second-order valence-electron chi connectivity index (χ2n) is 4.16. The molecule has 1 N–H and O–H groups in total. The molecular formula is C14H10FNO4S. The fourth-order valence-corrected chi connectivity index (χ4v) is 2.67. The summed E-state index contributed by atoms with van der Waals surface area (Å²) >= 11 is 1.06. The van der Waals surface area contributed by atoms with E-state index in [2.05, 4.69) is 0 Å². The molecule has 0 bridgehead atoms. The van der Waals surface area contributed by atoms with Gasteiger partial charge in [-0.15, -0.1) is 0 Å². The van der Waals surface area contributed by atoms with E-state index in [1.807, 2.05) is 0 Å². The Labute approximate surface area is 123 Å². The first-order chi connectivity index (χ1) is 9.97. The molecule has 2 aromatic rings. The number of benzene rings is 2. The van der Waals surface area contributed by atoms with Crippen molar-refractivity contribution < 1.29 is 19.2 Å². The van der Waals surface area contributed by atoms with Crippen LogP contribution in [0.25, 0.3) is 0 Å². The molecule has 0 atom stereocenters. The summed E-state index contributed by atoms with van der Waals surface area (Å²) in [5.41, 5.74) is 0.0673. The molecule has 0 saturated carbocycles. The molecule has 0 aliphatic carbocycles. The Balaban J connectivity index is 2.24. The van der Waals surface area contributed by atoms with E-state index in [-0.39, 0.29) is 11.3 Å². The number of carbonyl (C=O) groups is 1. The number of carboxylic acids is 1. The number of para-hydroxylation sites is 1. The smallest absolute Gasteiger partial charge is 0.318 e. The van der Waals surface area contributed by atoms with Crippen molar-refractivity contribution in [3.05, 3.63) is 64.0 Å². The number of carboxylic acid groups (broad SMARTS) is 1. The van der Waals surface area contributed by atoms with Crippen molar-refractivity contribution in [2.75, 3.05) is 0 Å². The van der Waals surface area contributed by atoms with Gasteiger partial charge in [0.05, 0.1) is 16.2 Å². The van der Waals surface area contributed by atoms with Crippen molar-refractivity contribution in [3.8, 4) is 0 Å². The quantitative estimate of drug-likeness (QED) is 0.675. The third-order valence-corrected chi connectivity index (χ3v) is 3.70. The summed E-state index contributed by atoms with van der Waals surface area (Å²) in [6, 6.07) is 10.5. The molecule has 0 spiro atoms. The molecule has 0 fully saturated rings. The van der Waals surface area contributed by atoms with Crippen LogP contribution in [0.2, 0.25) is 0 Å². The molecule has 0 aromatic heterocycles. The average Bonchev–Trinajstić information content (AvgIpc) is 2.40. The van der Waals surface area contributed by atoms with E-state index in [4.69, 9.17) is 5.11 Å². The van der Waals surface area contributed by atoms with Gasteiger partial charge in [0.2, 0.25) is 5.82 Å². The summed E-state index contributed by atoms with van der Waals surface area (Å²) in [6.45, 7) is 0. The number of nitro benzene ring substituents is 1. The SMILES string of the molecule is O=C(O)Cc1ccc(Sc2cccc(F)c2[N+](=O)[O-])cc1. The number of hydrogen-bond donors (Lipinski definition) is 1. The summed E-state index contributed by atoms with van der Waals surface area (Å²) in [7, 11) is 0. The first-order valence-corrected chi connectivity index (χ1v) is 6.70. The van der Waals surface area contributed by atoms with Gasteiger partial charge >= 0.3 is 11.7 Å². The summed E-state index contributed by atoms with van der Waals surface area (Å²) in [6.07, 6.45) is -0.0922. The van der Waals surface area contributed by atoms with Crippen molar-refractivity contribution in [1.29, 1.82) is 0 Å². The highest BCUT2D eigenvalue weighted by Crippen LogP contribution is 2.36. The van der Waals surface area contributed by atoms with Gasteiger partial charge in [-0.3, -0.25) is 14.9 Å². The molecule has 5 nitrogen and oxygen atoms in total. The third kappa shape index (κ3) is 3.79. The number of rotatable bonds is 5. The molecule has 21 heavy (non-hydrogen) atoms. The van der Waals surface area contributed by atoms with Gasteiger partial charge in [-0.1, -0.05) is 30.0 Å². The van der Waals surface area contributed by atoms with E-state index in [0.29, 0.717) is 10.5 Å². The summed E-state index contributed by atoms with van der Waals surface area (Å²) in [5, 5.41) is 19.6. The molecule has 0 amide bonds. The Kier molecular flexibility index (Phi) is 4.54. The fourth-order valence-electron chi connectivity index (χ4n) is 1.73. The maximum atomic E-state index is 13.5. The van der Waals surface area contributed by atoms with Crippen LogP contribution in [0.15, 0.2) is 52.3 Å². The van der Waals surface area contributed by atoms with E-state index in [9.17, 15) is 19.3 Å². The Morgan fingerprint density at radius 1 is 1.24 bits per heavy atom. The van der Waals surface area contributed by atoms with Gasteiger partial charge in [0.1, 0.15) is 0 Å². The predicted octanol–water partition coefficient (Wildman–Crippen LogP) is 3.51. The Morgan fingerprint density at radius 2 is 1.90 bits per heavy atom. The van der Waals surface area contributed by atoms with Crippen molar-refractivity contribution in [2.45, 2.75) is 16.2 Å². The highest BCUT2D eigenvalue weighted by Gasteiger charge is 2.20. The van der Waals surface area contributed by atoms with Crippen LogP contribution < -0.4 is 0 Å². The first-order valence-electron chi connectivity index (χ1n) is 5.89. The standard InChI is InChI=1S/C14H10FNO4S/c15-11-2-1-3-12(14(11)16(19)20)21-10-6-4-9(5-7-10)8-13(17)18/h1-7H,8H2,(H,17,18). The number of aliphatic carboxylic acids is 1. The summed E-state index contributed by atoms with van der Waals surface area (Å²) < 4.78 is 13.5. The second kappa shape index (κ2) is 6.36. The van der Waals surface area contributed by atoms with Crippen LogP contribution in [0, 0.1) is 15.9 Å². The highest BCUT2D eigenvalue weighted by molar-refractivity contribution is 7.99. The highest BCUT2D eigenvalue weighted by atomic mass is 32.2. The lowest BCUT2D eigenvalue weighted by Crippen LogP contribution is -1.99. The zero-order chi connectivity index (χ0) is 15.4. The minimum Gasteiger partial charge on any atom is -0.481 e. The fraction of sp³-hybridized carbons (Fsp3) is 0.0714. The van der Waals surface area contributed by atoms with Crippen LogP contribution in [-0.4, -0.2) is 16.0 Å². The average molecular weight is 307 g/mol. The van der Waals surface area contributed by atoms with Gasteiger partial charge in [0, 0.05) is 4.90 Å². The largest absolute Gasteiger partial charge is 0.481 e. The molecule has 0 heterocycles. The molecule has 0 unspecified atom stereocenters. The first kappa shape index (κ1) is 15.0. The minimum absolute atomic E-state index is 0.0922. The lowest BCUT2D eigenvalue weighted by atomic mass is 10.2. The third-order valence-electron chi connectivity index (χ3n) is 2.64. The van der Waals surface area contributed by atoms with E-state index >= 15 is 0 Å². The van der Waals surface area contributed by atoms with Crippen LogP contribution in [0.3, 0.4) is 0 Å². The molecule has 0 radical (unpaired) electrons. The number of nitrogens with zero attached hydrogens (tertiary/aromatic N) is 1. The maximum absolute atomic E-state index is 13.5. The van der Waals surface area contributed by atoms with Crippen LogP contribution in [0.5, 0.6) is 0 Å². The lowest BCUT2D eigenvalue weighted by Gasteiger charge is -2.04. The molecule has 0 aliphatic heterocycles. The Morgan fingerprint density at radius 3 is 2.48 bits per heavy atom. The zero-order valence-electron chi connectivity index (χ0n) is 10.7. The van der Waals surface area contributed by atoms with Gasteiger partial charge in [-0.2, -0.15) is 4.39 Å². The maximum Gasteiger partial charge on any atom is 0.318 e. The lowest BCUT2D eigenvalue weighted by molar-refractivity contribution is -0.390. The van der Waals surface area contributed by atoms with Crippen molar-refractivity contribution in [1.82, 2.24) is 0 Å². The summed E-state index contributed by atoms with van der Waals surface area (Å²) in [4.78, 5) is 21.6. The van der Waals surface area contributed by atoms with E-state index < -0.39 is 22.4 Å². The Hall–Kier alpha value is -2.41. The monoisotopic (exact) mass is 307 g/mol. The van der Waals surface area contributed by atoms with Crippen molar-refractivity contribution in [3.63, 3.8) is 0 Å². The van der Waals surface area contributed by atoms with Crippen molar-refractivity contribution >= 4 is 23.4 Å². The molecule has 108 valence electrons. The van der Waals surface area contributed by atoms with Gasteiger partial charge in [-0.25, -0.2) is 0 Å². The van der Waals surface area contributed by atoms with Gasteiger partial charge in [-0.05, 0) is 29.8 Å². The van der Waals surface area contributed by atoms with Crippen LogP contribution >= 0.6 is 11.8 Å². The van der Waals surface area contributed by atoms with Crippen LogP contribution in [0.1, 0.15) is 5.56 Å². The normalized spacial score (nSPS) is 10.3. The van der Waals surface area contributed by atoms with Gasteiger partial charge < -0.3 is 5.11 Å². The molecular weight excluding hydrogens is 297 g/mol. The van der Waals surface area contributed by atoms with Gasteiger partial charge in [0.15, 0.2) is 0 Å². The minimum atomic E-state index is -0.934. The predicted molar refractivity (Wildman–Crippen MR) is 75.0 cm³/mol. The van der Waals surface area contributed by atoms with E-state index in [1.165, 1.54) is 12.1 Å². The molecule has 0 saturated heterocycles. The van der Waals surface area contributed by atoms with Crippen LogP contribution in [-0.2, 0) is 11.2 Å². The zero-order valence-corrected chi connectivity index (χ0v) is 11.5.